The Balaban J connectivity index is 1.85. The summed E-state index contributed by atoms with van der Waals surface area (Å²) in [7, 11) is 0. The van der Waals surface area contributed by atoms with Gasteiger partial charge in [0.1, 0.15) is 11.5 Å². The normalized spacial score (nSPS) is 12.4. The lowest BCUT2D eigenvalue weighted by molar-refractivity contribution is -0.115. The predicted molar refractivity (Wildman–Crippen MR) is 75.3 cm³/mol. The van der Waals surface area contributed by atoms with E-state index in [1.807, 2.05) is 32.2 Å². The van der Waals surface area contributed by atoms with Crippen LogP contribution in [-0.2, 0) is 4.79 Å². The molecule has 19 heavy (non-hydrogen) atoms. The molecular weight excluding hydrogens is 262 g/mol. The molecule has 2 heterocycles. The number of hydrogen-bond donors (Lipinski definition) is 2. The number of aromatic nitrogens is 1. The van der Waals surface area contributed by atoms with Crippen LogP contribution in [0.2, 0.25) is 0 Å². The van der Waals surface area contributed by atoms with Gasteiger partial charge in [-0.2, -0.15) is 0 Å². The Bertz CT molecular complexity index is 548. The van der Waals surface area contributed by atoms with Gasteiger partial charge in [0.15, 0.2) is 5.13 Å². The maximum absolute atomic E-state index is 11.7. The summed E-state index contributed by atoms with van der Waals surface area (Å²) in [6.45, 7) is 6.09. The van der Waals surface area contributed by atoms with Crippen LogP contribution in [0.5, 0.6) is 0 Å². The van der Waals surface area contributed by atoms with Crippen molar-refractivity contribution in [2.75, 3.05) is 11.9 Å². The Morgan fingerprint density at radius 3 is 2.89 bits per heavy atom. The molecule has 0 fully saturated rings. The summed E-state index contributed by atoms with van der Waals surface area (Å²) in [5, 5.41) is 8.34. The molecule has 1 amide bonds. The van der Waals surface area contributed by atoms with Gasteiger partial charge in [0.05, 0.1) is 6.54 Å². The average Bonchev–Trinajstić information content (AvgIpc) is 2.96. The van der Waals surface area contributed by atoms with Crippen molar-refractivity contribution in [3.8, 4) is 0 Å². The molecule has 0 radical (unpaired) electrons. The van der Waals surface area contributed by atoms with Crippen LogP contribution in [0.15, 0.2) is 22.1 Å². The fourth-order valence-electron chi connectivity index (χ4n) is 1.88. The number of carbonyl (C=O) groups excluding carboxylic acids is 1. The molecule has 6 heteroatoms. The van der Waals surface area contributed by atoms with Crippen molar-refractivity contribution < 1.29 is 9.21 Å². The number of amides is 1. The number of nitrogens with one attached hydrogen (secondary N) is 2. The Morgan fingerprint density at radius 1 is 1.53 bits per heavy atom. The molecule has 2 rings (SSSR count). The van der Waals surface area contributed by atoms with E-state index in [1.54, 1.807) is 6.20 Å². The van der Waals surface area contributed by atoms with Crippen molar-refractivity contribution in [3.63, 3.8) is 0 Å². The van der Waals surface area contributed by atoms with Crippen molar-refractivity contribution in [2.24, 2.45) is 0 Å². The first-order chi connectivity index (χ1) is 9.06. The second-order valence-corrected chi connectivity index (χ2v) is 5.25. The molecule has 0 saturated carbocycles. The van der Waals surface area contributed by atoms with Gasteiger partial charge in [0.25, 0.3) is 0 Å². The number of thiazole rings is 1. The Labute approximate surface area is 116 Å². The SMILES string of the molecule is Cc1cc(C(C)NCC(=O)Nc2nccs2)c(C)o1. The number of rotatable bonds is 5. The molecule has 0 aromatic carbocycles. The van der Waals surface area contributed by atoms with Gasteiger partial charge in [0, 0.05) is 23.2 Å². The van der Waals surface area contributed by atoms with E-state index in [2.05, 4.69) is 15.6 Å². The Hall–Kier alpha value is -1.66. The highest BCUT2D eigenvalue weighted by Gasteiger charge is 2.13. The quantitative estimate of drug-likeness (QED) is 0.883. The van der Waals surface area contributed by atoms with Gasteiger partial charge in [0.2, 0.25) is 5.91 Å². The average molecular weight is 279 g/mol. The molecule has 0 aliphatic carbocycles. The first kappa shape index (κ1) is 13.8. The summed E-state index contributed by atoms with van der Waals surface area (Å²) in [6.07, 6.45) is 1.66. The predicted octanol–water partition coefficient (Wildman–Crippen LogP) is 2.64. The number of nitrogens with zero attached hydrogens (tertiary/aromatic N) is 1. The van der Waals surface area contributed by atoms with Gasteiger partial charge in [-0.25, -0.2) is 4.98 Å². The van der Waals surface area contributed by atoms with Crippen LogP contribution in [0, 0.1) is 13.8 Å². The van der Waals surface area contributed by atoms with Gasteiger partial charge >= 0.3 is 0 Å². The number of aryl methyl sites for hydroxylation is 2. The lowest BCUT2D eigenvalue weighted by Gasteiger charge is -2.12. The summed E-state index contributed by atoms with van der Waals surface area (Å²) in [5.74, 6) is 1.67. The van der Waals surface area contributed by atoms with Gasteiger partial charge in [-0.3, -0.25) is 4.79 Å². The van der Waals surface area contributed by atoms with Crippen LogP contribution >= 0.6 is 11.3 Å². The van der Waals surface area contributed by atoms with Crippen molar-refractivity contribution in [2.45, 2.75) is 26.8 Å². The van der Waals surface area contributed by atoms with Crippen molar-refractivity contribution in [1.82, 2.24) is 10.3 Å². The first-order valence-corrected chi connectivity index (χ1v) is 6.94. The molecule has 0 bridgehead atoms. The molecule has 5 nitrogen and oxygen atoms in total. The number of anilines is 1. The van der Waals surface area contributed by atoms with E-state index < -0.39 is 0 Å². The zero-order valence-corrected chi connectivity index (χ0v) is 12.0. The number of carbonyl (C=O) groups is 1. The molecule has 102 valence electrons. The van der Waals surface area contributed by atoms with Crippen molar-refractivity contribution >= 4 is 22.4 Å². The fourth-order valence-corrected chi connectivity index (χ4v) is 2.43. The molecule has 0 aliphatic rings. The van der Waals surface area contributed by atoms with Gasteiger partial charge < -0.3 is 15.1 Å². The topological polar surface area (TPSA) is 67.2 Å². The molecule has 0 spiro atoms. The smallest absolute Gasteiger partial charge is 0.240 e. The lowest BCUT2D eigenvalue weighted by Crippen LogP contribution is -2.30. The van der Waals surface area contributed by atoms with E-state index >= 15 is 0 Å². The van der Waals surface area contributed by atoms with Crippen LogP contribution < -0.4 is 10.6 Å². The van der Waals surface area contributed by atoms with Crippen LogP contribution in [0.1, 0.15) is 30.0 Å². The second kappa shape index (κ2) is 5.99. The fraction of sp³-hybridized carbons (Fsp3) is 0.385. The summed E-state index contributed by atoms with van der Waals surface area (Å²) in [5.41, 5.74) is 1.08. The van der Waals surface area contributed by atoms with Crippen LogP contribution in [-0.4, -0.2) is 17.4 Å². The van der Waals surface area contributed by atoms with Crippen LogP contribution in [0.25, 0.3) is 0 Å². The van der Waals surface area contributed by atoms with Crippen molar-refractivity contribution in [1.29, 1.82) is 0 Å². The summed E-state index contributed by atoms with van der Waals surface area (Å²) in [6, 6.07) is 2.06. The summed E-state index contributed by atoms with van der Waals surface area (Å²) < 4.78 is 5.48. The lowest BCUT2D eigenvalue weighted by atomic mass is 10.1. The van der Waals surface area contributed by atoms with Gasteiger partial charge in [-0.15, -0.1) is 11.3 Å². The summed E-state index contributed by atoms with van der Waals surface area (Å²) in [4.78, 5) is 15.7. The van der Waals surface area contributed by atoms with E-state index in [0.717, 1.165) is 17.1 Å². The number of hydrogen-bond acceptors (Lipinski definition) is 5. The maximum Gasteiger partial charge on any atom is 0.240 e. The summed E-state index contributed by atoms with van der Waals surface area (Å²) >= 11 is 1.40. The Kier molecular flexibility index (Phi) is 4.34. The molecule has 2 N–H and O–H groups in total. The molecule has 0 saturated heterocycles. The van der Waals surface area contributed by atoms with Gasteiger partial charge in [-0.1, -0.05) is 0 Å². The van der Waals surface area contributed by atoms with E-state index in [-0.39, 0.29) is 18.5 Å². The third kappa shape index (κ3) is 3.65. The Morgan fingerprint density at radius 2 is 2.32 bits per heavy atom. The second-order valence-electron chi connectivity index (χ2n) is 4.36. The zero-order valence-electron chi connectivity index (χ0n) is 11.2. The van der Waals surface area contributed by atoms with E-state index in [4.69, 9.17) is 4.42 Å². The first-order valence-electron chi connectivity index (χ1n) is 6.06. The molecule has 2 aromatic heterocycles. The minimum absolute atomic E-state index is 0.0690. The molecule has 1 unspecified atom stereocenters. The highest BCUT2D eigenvalue weighted by Crippen LogP contribution is 2.20. The maximum atomic E-state index is 11.7. The third-order valence-corrected chi connectivity index (χ3v) is 3.48. The highest BCUT2D eigenvalue weighted by atomic mass is 32.1. The monoisotopic (exact) mass is 279 g/mol. The minimum Gasteiger partial charge on any atom is -0.466 e. The minimum atomic E-state index is -0.0975. The van der Waals surface area contributed by atoms with E-state index in [0.29, 0.717) is 5.13 Å². The van der Waals surface area contributed by atoms with E-state index in [1.165, 1.54) is 11.3 Å². The largest absolute Gasteiger partial charge is 0.466 e. The molecule has 2 aromatic rings. The highest BCUT2D eigenvalue weighted by molar-refractivity contribution is 7.13. The zero-order chi connectivity index (χ0) is 13.8. The van der Waals surface area contributed by atoms with Crippen LogP contribution in [0.3, 0.4) is 0 Å². The molecular formula is C13H17N3O2S. The van der Waals surface area contributed by atoms with Crippen molar-refractivity contribution in [3.05, 3.63) is 34.7 Å². The molecule has 1 atom stereocenters. The van der Waals surface area contributed by atoms with Gasteiger partial charge in [-0.05, 0) is 26.8 Å². The van der Waals surface area contributed by atoms with Crippen LogP contribution in [0.4, 0.5) is 5.13 Å². The number of furan rings is 1. The van der Waals surface area contributed by atoms with E-state index in [9.17, 15) is 4.79 Å². The molecule has 0 aliphatic heterocycles. The standard InChI is InChI=1S/C13H17N3O2S/c1-8-6-11(10(3)18-8)9(2)15-7-12(17)16-13-14-4-5-19-13/h4-6,9,15H,7H2,1-3H3,(H,14,16,17). The third-order valence-electron chi connectivity index (χ3n) is 2.79.